The first-order valence-electron chi connectivity index (χ1n) is 6.63. The molecule has 0 saturated carbocycles. The van der Waals surface area contributed by atoms with Gasteiger partial charge in [-0.1, -0.05) is 12.1 Å². The van der Waals surface area contributed by atoms with Gasteiger partial charge in [-0.2, -0.15) is 5.26 Å². The molecule has 0 fully saturated rings. The van der Waals surface area contributed by atoms with Crippen LogP contribution in [0.15, 0.2) is 35.4 Å². The predicted molar refractivity (Wildman–Crippen MR) is 80.9 cm³/mol. The van der Waals surface area contributed by atoms with Crippen molar-refractivity contribution in [1.82, 2.24) is 15.0 Å². The molecule has 22 heavy (non-hydrogen) atoms. The van der Waals surface area contributed by atoms with E-state index in [0.29, 0.717) is 22.3 Å². The van der Waals surface area contributed by atoms with Gasteiger partial charge in [0.25, 0.3) is 5.56 Å². The van der Waals surface area contributed by atoms with Crippen molar-refractivity contribution < 1.29 is 4.74 Å². The van der Waals surface area contributed by atoms with Crippen LogP contribution in [-0.4, -0.2) is 15.0 Å². The molecule has 0 unspecified atom stereocenters. The van der Waals surface area contributed by atoms with Crippen LogP contribution >= 0.6 is 0 Å². The standard InChI is InChI=1S/C16H12N4O2/c1-9-4-3-5-11(6-9)22-16-12(7-17)14-13(10(2)20-16)15(21)19-8-18-14/h3-6,8H,1-2H3,(H,18,19,21). The summed E-state index contributed by atoms with van der Waals surface area (Å²) in [6.07, 6.45) is 1.27. The summed E-state index contributed by atoms with van der Waals surface area (Å²) in [5, 5.41) is 9.71. The second-order valence-corrected chi connectivity index (χ2v) is 4.86. The first-order valence-corrected chi connectivity index (χ1v) is 6.63. The fraction of sp³-hybridized carbons (Fsp3) is 0.125. The average molecular weight is 292 g/mol. The lowest BCUT2D eigenvalue weighted by molar-refractivity contribution is 0.460. The summed E-state index contributed by atoms with van der Waals surface area (Å²) in [5.41, 5.74) is 1.61. The number of rotatable bonds is 2. The molecule has 108 valence electrons. The van der Waals surface area contributed by atoms with Gasteiger partial charge in [-0.25, -0.2) is 9.97 Å². The number of aromatic amines is 1. The Bertz CT molecular complexity index is 970. The van der Waals surface area contributed by atoms with Gasteiger partial charge >= 0.3 is 0 Å². The van der Waals surface area contributed by atoms with Crippen molar-refractivity contribution in [1.29, 1.82) is 5.26 Å². The maximum atomic E-state index is 11.9. The molecule has 1 aromatic carbocycles. The molecule has 6 nitrogen and oxygen atoms in total. The van der Waals surface area contributed by atoms with E-state index in [9.17, 15) is 10.1 Å². The lowest BCUT2D eigenvalue weighted by Gasteiger charge is -2.10. The molecule has 0 amide bonds. The smallest absolute Gasteiger partial charge is 0.260 e. The number of nitrogens with one attached hydrogen (secondary N) is 1. The number of H-pyrrole nitrogens is 1. The van der Waals surface area contributed by atoms with Crippen LogP contribution in [0.5, 0.6) is 11.6 Å². The van der Waals surface area contributed by atoms with Crippen LogP contribution < -0.4 is 10.3 Å². The van der Waals surface area contributed by atoms with Crippen LogP contribution in [0.4, 0.5) is 0 Å². The molecule has 0 aliphatic rings. The van der Waals surface area contributed by atoms with E-state index in [1.807, 2.05) is 31.2 Å². The van der Waals surface area contributed by atoms with Gasteiger partial charge < -0.3 is 9.72 Å². The molecule has 0 bridgehead atoms. The molecule has 0 atom stereocenters. The number of hydrogen-bond donors (Lipinski definition) is 1. The van der Waals surface area contributed by atoms with Gasteiger partial charge in [0.05, 0.1) is 17.4 Å². The molecule has 0 aliphatic carbocycles. The van der Waals surface area contributed by atoms with E-state index >= 15 is 0 Å². The summed E-state index contributed by atoms with van der Waals surface area (Å²) in [6, 6.07) is 9.44. The molecule has 0 radical (unpaired) electrons. The van der Waals surface area contributed by atoms with Crippen LogP contribution in [0, 0.1) is 25.2 Å². The van der Waals surface area contributed by atoms with Crippen LogP contribution in [-0.2, 0) is 0 Å². The van der Waals surface area contributed by atoms with Crippen LogP contribution in [0.3, 0.4) is 0 Å². The quantitative estimate of drug-likeness (QED) is 0.783. The van der Waals surface area contributed by atoms with Crippen molar-refractivity contribution in [2.45, 2.75) is 13.8 Å². The second kappa shape index (κ2) is 5.30. The number of nitrogens with zero attached hydrogens (tertiary/aromatic N) is 3. The highest BCUT2D eigenvalue weighted by molar-refractivity contribution is 5.86. The summed E-state index contributed by atoms with van der Waals surface area (Å²) < 4.78 is 5.72. The van der Waals surface area contributed by atoms with Crippen molar-refractivity contribution in [3.8, 4) is 17.7 Å². The minimum Gasteiger partial charge on any atom is -0.438 e. The Morgan fingerprint density at radius 1 is 1.32 bits per heavy atom. The van der Waals surface area contributed by atoms with Crippen LogP contribution in [0.2, 0.25) is 0 Å². The topological polar surface area (TPSA) is 91.7 Å². The Morgan fingerprint density at radius 2 is 2.14 bits per heavy atom. The molecule has 2 aromatic heterocycles. The number of hydrogen-bond acceptors (Lipinski definition) is 5. The highest BCUT2D eigenvalue weighted by Gasteiger charge is 2.17. The van der Waals surface area contributed by atoms with Crippen molar-refractivity contribution in [3.63, 3.8) is 0 Å². The minimum absolute atomic E-state index is 0.146. The first kappa shape index (κ1) is 13.8. The van der Waals surface area contributed by atoms with Gasteiger partial charge in [-0.05, 0) is 31.5 Å². The SMILES string of the molecule is Cc1cccc(Oc2nc(C)c3c(=O)[nH]cnc3c2C#N)c1. The van der Waals surface area contributed by atoms with E-state index in [1.54, 1.807) is 13.0 Å². The Morgan fingerprint density at radius 3 is 2.86 bits per heavy atom. The normalized spacial score (nSPS) is 10.4. The molecule has 0 saturated heterocycles. The third kappa shape index (κ3) is 2.29. The summed E-state index contributed by atoms with van der Waals surface area (Å²) in [4.78, 5) is 22.7. The second-order valence-electron chi connectivity index (χ2n) is 4.86. The summed E-state index contributed by atoms with van der Waals surface area (Å²) in [5.74, 6) is 0.726. The van der Waals surface area contributed by atoms with E-state index in [2.05, 4.69) is 15.0 Å². The number of benzene rings is 1. The molecule has 3 rings (SSSR count). The fourth-order valence-corrected chi connectivity index (χ4v) is 2.26. The van der Waals surface area contributed by atoms with E-state index in [4.69, 9.17) is 4.74 Å². The molecule has 3 aromatic rings. The monoisotopic (exact) mass is 292 g/mol. The van der Waals surface area contributed by atoms with E-state index < -0.39 is 0 Å². The number of aromatic nitrogens is 3. The third-order valence-corrected chi connectivity index (χ3v) is 3.25. The Labute approximate surface area is 126 Å². The zero-order chi connectivity index (χ0) is 15.7. The third-order valence-electron chi connectivity index (χ3n) is 3.25. The number of aryl methyl sites for hydroxylation is 2. The lowest BCUT2D eigenvalue weighted by Crippen LogP contribution is -2.10. The molecular weight excluding hydrogens is 280 g/mol. The molecule has 6 heteroatoms. The van der Waals surface area contributed by atoms with Gasteiger partial charge in [-0.3, -0.25) is 4.79 Å². The minimum atomic E-state index is -0.325. The molecule has 2 heterocycles. The Hall–Kier alpha value is -3.20. The molecule has 0 spiro atoms. The number of fused-ring (bicyclic) bond motifs is 1. The van der Waals surface area contributed by atoms with Crippen LogP contribution in [0.25, 0.3) is 10.9 Å². The van der Waals surface area contributed by atoms with Crippen molar-refractivity contribution in [3.05, 3.63) is 57.8 Å². The van der Waals surface area contributed by atoms with E-state index in [-0.39, 0.29) is 17.0 Å². The highest BCUT2D eigenvalue weighted by Crippen LogP contribution is 2.28. The van der Waals surface area contributed by atoms with Gasteiger partial charge in [-0.15, -0.1) is 0 Å². The van der Waals surface area contributed by atoms with Crippen molar-refractivity contribution in [2.24, 2.45) is 0 Å². The number of pyridine rings is 1. The lowest BCUT2D eigenvalue weighted by atomic mass is 10.1. The molecule has 0 aliphatic heterocycles. The molecule has 1 N–H and O–H groups in total. The van der Waals surface area contributed by atoms with Gasteiger partial charge in [0.15, 0.2) is 0 Å². The van der Waals surface area contributed by atoms with Gasteiger partial charge in [0.1, 0.15) is 22.9 Å². The van der Waals surface area contributed by atoms with Gasteiger partial charge in [0, 0.05) is 0 Å². The average Bonchev–Trinajstić information content (AvgIpc) is 2.47. The van der Waals surface area contributed by atoms with E-state index in [1.165, 1.54) is 6.33 Å². The Balaban J connectivity index is 2.23. The summed E-state index contributed by atoms with van der Waals surface area (Å²) in [6.45, 7) is 3.63. The van der Waals surface area contributed by atoms with Crippen LogP contribution in [0.1, 0.15) is 16.8 Å². The highest BCUT2D eigenvalue weighted by atomic mass is 16.5. The fourth-order valence-electron chi connectivity index (χ4n) is 2.26. The van der Waals surface area contributed by atoms with Crippen molar-refractivity contribution in [2.75, 3.05) is 0 Å². The van der Waals surface area contributed by atoms with Crippen molar-refractivity contribution >= 4 is 10.9 Å². The Kier molecular flexibility index (Phi) is 3.31. The zero-order valence-corrected chi connectivity index (χ0v) is 12.0. The molecular formula is C16H12N4O2. The predicted octanol–water partition coefficient (Wildman–Crippen LogP) is 2.60. The maximum Gasteiger partial charge on any atom is 0.260 e. The number of nitriles is 1. The largest absolute Gasteiger partial charge is 0.438 e. The summed E-state index contributed by atoms with van der Waals surface area (Å²) >= 11 is 0. The number of ether oxygens (including phenoxy) is 1. The maximum absolute atomic E-state index is 11.9. The zero-order valence-electron chi connectivity index (χ0n) is 12.0. The van der Waals surface area contributed by atoms with E-state index in [0.717, 1.165) is 5.56 Å². The van der Waals surface area contributed by atoms with Gasteiger partial charge in [0.2, 0.25) is 5.88 Å². The summed E-state index contributed by atoms with van der Waals surface area (Å²) in [7, 11) is 0. The first-order chi connectivity index (χ1) is 10.6.